The minimum absolute atomic E-state index is 0.00631. The first-order valence-corrected chi connectivity index (χ1v) is 30.4. The zero-order chi connectivity index (χ0) is 55.1. The zero-order valence-electron chi connectivity index (χ0n) is 46.3. The van der Waals surface area contributed by atoms with Gasteiger partial charge in [-0.1, -0.05) is 40.9 Å². The molecule has 0 amide bonds. The number of rotatable bonds is 2. The number of aliphatic carboxylic acids is 1. The van der Waals surface area contributed by atoms with Crippen molar-refractivity contribution < 1.29 is 101 Å². The van der Waals surface area contributed by atoms with Crippen LogP contribution in [0.15, 0.2) is 24.3 Å². The Labute approximate surface area is 466 Å². The van der Waals surface area contributed by atoms with Gasteiger partial charge in [0, 0.05) is 57.3 Å². The van der Waals surface area contributed by atoms with Crippen LogP contribution in [0.25, 0.3) is 0 Å². The van der Waals surface area contributed by atoms with Crippen molar-refractivity contribution in [2.24, 2.45) is 23.7 Å². The van der Waals surface area contributed by atoms with Crippen LogP contribution in [0.5, 0.6) is 0 Å². The first kappa shape index (κ1) is 54.4. The Bertz CT molecular complexity index is 2460. The van der Waals surface area contributed by atoms with E-state index in [0.717, 1.165) is 24.0 Å². The molecule has 0 radical (unpaired) electrons. The summed E-state index contributed by atoms with van der Waals surface area (Å²) in [6.07, 6.45) is -5.45. The van der Waals surface area contributed by atoms with Gasteiger partial charge in [0.2, 0.25) is 11.6 Å². The Hall–Kier alpha value is -2.26. The maximum absolute atomic E-state index is 14.6. The van der Waals surface area contributed by atoms with Gasteiger partial charge in [0.15, 0.2) is 17.7 Å². The summed E-state index contributed by atoms with van der Waals surface area (Å²) in [7, 11) is 0. The third-order valence-electron chi connectivity index (χ3n) is 21.8. The number of carboxylic acids is 1. The highest BCUT2D eigenvalue weighted by Crippen LogP contribution is 2.59. The lowest BCUT2D eigenvalue weighted by atomic mass is 9.78. The monoisotopic (exact) mass is 1130 g/mol. The highest BCUT2D eigenvalue weighted by Gasteiger charge is 2.79. The van der Waals surface area contributed by atoms with Gasteiger partial charge < -0.3 is 91.5 Å². The summed E-state index contributed by atoms with van der Waals surface area (Å²) in [6.45, 7) is 17.5. The molecule has 32 atom stereocenters. The van der Waals surface area contributed by atoms with Crippen LogP contribution in [0.4, 0.5) is 0 Å². The molecule has 16 aliphatic heterocycles. The number of esters is 1. The SMILES string of the molecule is C=C1CC2CC[C@@]34OC5C6O[C@@](O)(C(O3)C6OC3CCC(CC(=O)OC6[C@H](C[C@H]7OC(CC[C@@H]1O2)C[C@@H](C)C7=C)O[C@H]1C[C@H]2OC7(CC8O[C@@]9(C[C@H](C)C8O7)C[C@H](C)C7OC(CC(=O)O)[C@H](O)C[C@@H]7O9)C[C@H]2O[C@H]1[C@@H]6C)O[C@@H]35)C4O. The van der Waals surface area contributed by atoms with Crippen molar-refractivity contribution in [2.45, 2.75) is 306 Å². The topological polar surface area (TPSA) is 254 Å². The van der Waals surface area contributed by atoms with E-state index in [-0.39, 0.29) is 110 Å². The van der Waals surface area contributed by atoms with E-state index in [2.05, 4.69) is 40.9 Å². The number of hydrogen-bond acceptors (Lipinski definition) is 20. The fraction of sp³-hybridized carbons (Fsp3) is 0.898. The van der Waals surface area contributed by atoms with Gasteiger partial charge in [0.1, 0.15) is 36.6 Å². The third-order valence-corrected chi connectivity index (χ3v) is 21.8. The number of hydrogen-bond donors (Lipinski definition) is 4. The summed E-state index contributed by atoms with van der Waals surface area (Å²) < 4.78 is 102. The first-order chi connectivity index (χ1) is 38.2. The number of aliphatic hydroxyl groups excluding tert-OH is 2. The number of carbonyl (C=O) groups excluding carboxylic acids is 1. The van der Waals surface area contributed by atoms with E-state index in [0.29, 0.717) is 70.6 Å². The average Bonchev–Trinajstić information content (AvgIpc) is 4.28. The third kappa shape index (κ3) is 8.84. The number of fused-ring (bicyclic) bond motifs is 10. The molecule has 16 fully saturated rings. The minimum Gasteiger partial charge on any atom is -0.481 e. The van der Waals surface area contributed by atoms with Gasteiger partial charge in [-0.15, -0.1) is 0 Å². The Balaban J connectivity index is 0.666. The van der Waals surface area contributed by atoms with Gasteiger partial charge in [0.25, 0.3) is 0 Å². The molecule has 444 valence electrons. The van der Waals surface area contributed by atoms with Crippen LogP contribution in [0.2, 0.25) is 0 Å². The highest BCUT2D eigenvalue weighted by molar-refractivity contribution is 5.70. The molecule has 12 bridgehead atoms. The predicted octanol–water partition coefficient (Wildman–Crippen LogP) is 3.95. The van der Waals surface area contributed by atoms with Crippen molar-refractivity contribution in [3.63, 3.8) is 0 Å². The number of ether oxygens (including phenoxy) is 15. The quantitative estimate of drug-likeness (QED) is 0.226. The Morgan fingerprint density at radius 1 is 0.562 bits per heavy atom. The summed E-state index contributed by atoms with van der Waals surface area (Å²) in [5.74, 6) is -7.08. The molecular formula is C59H82O21. The lowest BCUT2D eigenvalue weighted by molar-refractivity contribution is -0.371. The Morgan fingerprint density at radius 3 is 2.09 bits per heavy atom. The summed E-state index contributed by atoms with van der Waals surface area (Å²) >= 11 is 0. The van der Waals surface area contributed by atoms with Crippen LogP contribution in [0, 0.1) is 23.7 Å². The molecular weight excluding hydrogens is 1040 g/mol. The maximum atomic E-state index is 14.6. The van der Waals surface area contributed by atoms with Gasteiger partial charge in [0.05, 0.1) is 117 Å². The second kappa shape index (κ2) is 19.6. The minimum atomic E-state index is -2.04. The summed E-state index contributed by atoms with van der Waals surface area (Å²) in [5.41, 5.74) is 1.99. The van der Waals surface area contributed by atoms with Crippen LogP contribution >= 0.6 is 0 Å². The lowest BCUT2D eigenvalue weighted by Gasteiger charge is -2.54. The van der Waals surface area contributed by atoms with Crippen LogP contribution in [0.3, 0.4) is 0 Å². The fourth-order valence-corrected chi connectivity index (χ4v) is 18.0. The molecule has 3 spiro atoms. The molecule has 80 heavy (non-hydrogen) atoms. The van der Waals surface area contributed by atoms with Gasteiger partial charge in [-0.25, -0.2) is 0 Å². The van der Waals surface area contributed by atoms with Gasteiger partial charge >= 0.3 is 11.9 Å². The van der Waals surface area contributed by atoms with Gasteiger partial charge in [-0.2, -0.15) is 0 Å². The van der Waals surface area contributed by atoms with Crippen molar-refractivity contribution in [1.29, 1.82) is 0 Å². The molecule has 0 aromatic heterocycles. The average molecular weight is 1130 g/mol. The molecule has 0 aliphatic carbocycles. The van der Waals surface area contributed by atoms with Crippen molar-refractivity contribution in [3.8, 4) is 0 Å². The number of carboxylic acid groups (broad SMARTS) is 1. The van der Waals surface area contributed by atoms with Crippen molar-refractivity contribution in [1.82, 2.24) is 0 Å². The van der Waals surface area contributed by atoms with E-state index in [9.17, 15) is 30.0 Å². The van der Waals surface area contributed by atoms with Gasteiger partial charge in [-0.05, 0) is 73.8 Å². The van der Waals surface area contributed by atoms with Crippen LogP contribution in [-0.2, 0) is 80.6 Å². The second-order valence-electron chi connectivity index (χ2n) is 27.3. The van der Waals surface area contributed by atoms with Crippen LogP contribution < -0.4 is 0 Å². The molecule has 21 heteroatoms. The normalized spacial score (nSPS) is 58.7. The molecule has 0 saturated carbocycles. The molecule has 16 aliphatic rings. The fourth-order valence-electron chi connectivity index (χ4n) is 18.0. The Morgan fingerprint density at radius 2 is 1.26 bits per heavy atom. The van der Waals surface area contributed by atoms with E-state index in [1.807, 2.05) is 0 Å². The van der Waals surface area contributed by atoms with Crippen LogP contribution in [-0.4, -0.2) is 202 Å². The largest absolute Gasteiger partial charge is 0.481 e. The van der Waals surface area contributed by atoms with Crippen LogP contribution in [0.1, 0.15) is 137 Å². The summed E-state index contributed by atoms with van der Waals surface area (Å²) in [6, 6.07) is 0. The van der Waals surface area contributed by atoms with E-state index in [4.69, 9.17) is 71.1 Å². The molecule has 16 saturated heterocycles. The smallest absolute Gasteiger partial charge is 0.308 e. The molecule has 16 rings (SSSR count). The molecule has 0 aromatic rings. The van der Waals surface area contributed by atoms with E-state index in [1.165, 1.54) is 0 Å². The number of aliphatic hydroxyl groups is 3. The molecule has 15 unspecified atom stereocenters. The summed E-state index contributed by atoms with van der Waals surface area (Å²) in [5, 5.41) is 44.2. The molecule has 4 N–H and O–H groups in total. The van der Waals surface area contributed by atoms with E-state index in [1.54, 1.807) is 0 Å². The standard InChI is InChI=1S/C59H82O21/c1-24-13-30-7-9-34-25(2)14-32(66-34)11-12-58-55(64)59(65)54(80-58)53-52(79-59)51(78-58)50-35(70-53)10-8-31(68-50)15-45(63)73-49-29(6)48-40(69-39(49)17-36(67-30)28(24)5)18-38-42(72-48)22-57(74-38)23-43-47(77-57)27(4)21-56(76-43)20-26(3)46-41(75-56)16-33(60)37(71-46)19-44(61)62/h24,26-27,29-43,46-55,60,64-65H,2,5,7-23H2,1,3-4,6H3,(H,61,62)/t24-,26+,27+,29+,30?,31?,32?,33-,34+,35?,36-,37?,38-,39+,40+,41+,42-,43?,46?,47?,48+,49?,50+,51?,52?,53?,54?,55?,56-,57?,58-,59+/m1/s1. The highest BCUT2D eigenvalue weighted by atomic mass is 16.8. The molecule has 16 heterocycles. The van der Waals surface area contributed by atoms with Gasteiger partial charge in [-0.3, -0.25) is 9.59 Å². The first-order valence-electron chi connectivity index (χ1n) is 30.4. The lowest BCUT2D eigenvalue weighted by Crippen LogP contribution is -2.63. The summed E-state index contributed by atoms with van der Waals surface area (Å²) in [4.78, 5) is 26.1. The predicted molar refractivity (Wildman–Crippen MR) is 271 cm³/mol. The van der Waals surface area contributed by atoms with E-state index >= 15 is 0 Å². The molecule has 0 aromatic carbocycles. The maximum Gasteiger partial charge on any atom is 0.308 e. The van der Waals surface area contributed by atoms with Crippen molar-refractivity contribution >= 4 is 11.9 Å². The van der Waals surface area contributed by atoms with Crippen molar-refractivity contribution in [2.75, 3.05) is 0 Å². The van der Waals surface area contributed by atoms with E-state index < -0.39 is 121 Å². The molecule has 21 nitrogen and oxygen atoms in total. The Kier molecular flexibility index (Phi) is 13.3. The number of carbonyl (C=O) groups is 2. The zero-order valence-corrected chi connectivity index (χ0v) is 46.3. The van der Waals surface area contributed by atoms with Crippen molar-refractivity contribution in [3.05, 3.63) is 24.3 Å². The second-order valence-corrected chi connectivity index (χ2v) is 27.3.